The van der Waals surface area contributed by atoms with Gasteiger partial charge in [-0.15, -0.1) is 11.6 Å². The third-order valence-electron chi connectivity index (χ3n) is 9.11. The molecule has 182 valence electrons. The number of fused-ring (bicyclic) bond motifs is 5. The molecule has 4 rings (SSSR count). The Hall–Kier alpha value is -1.08. The van der Waals surface area contributed by atoms with Crippen LogP contribution in [0.2, 0.25) is 0 Å². The molecular weight excluding hydrogens is 491 g/mol. The molecule has 9 heteroatoms. The number of rotatable bonds is 3. The number of alkyl halides is 3. The van der Waals surface area contributed by atoms with Crippen LogP contribution in [0, 0.1) is 28.6 Å². The highest BCUT2D eigenvalue weighted by Crippen LogP contribution is 2.72. The Morgan fingerprint density at radius 2 is 1.91 bits per heavy atom. The molecule has 33 heavy (non-hydrogen) atoms. The highest BCUT2D eigenvalue weighted by Gasteiger charge is 2.77. The van der Waals surface area contributed by atoms with Gasteiger partial charge in [-0.3, -0.25) is 4.79 Å². The maximum atomic E-state index is 13.3. The predicted octanol–water partition coefficient (Wildman–Crippen LogP) is 4.13. The first-order chi connectivity index (χ1) is 15.3. The van der Waals surface area contributed by atoms with E-state index in [0.717, 1.165) is 5.57 Å². The molecule has 0 amide bonds. The van der Waals surface area contributed by atoms with Crippen LogP contribution in [0.4, 0.5) is 0 Å². The van der Waals surface area contributed by atoms with Crippen molar-refractivity contribution in [2.45, 2.75) is 67.9 Å². The number of ketones is 1. The van der Waals surface area contributed by atoms with E-state index >= 15 is 0 Å². The number of aliphatic hydroxyl groups is 1. The Bertz CT molecular complexity index is 962. The van der Waals surface area contributed by atoms with Crippen LogP contribution in [0.15, 0.2) is 23.8 Å². The molecule has 4 aliphatic carbocycles. The molecule has 0 bridgehead atoms. The number of hydrogen-bond donors (Lipinski definition) is 1. The lowest BCUT2D eigenvalue weighted by molar-refractivity contribution is -0.213. The van der Waals surface area contributed by atoms with Gasteiger partial charge >= 0.3 is 11.9 Å². The van der Waals surface area contributed by atoms with Crippen LogP contribution in [0.3, 0.4) is 0 Å². The van der Waals surface area contributed by atoms with Gasteiger partial charge < -0.3 is 14.6 Å². The van der Waals surface area contributed by atoms with E-state index in [1.54, 1.807) is 6.08 Å². The molecular formula is C24H29Cl3O6. The highest BCUT2D eigenvalue weighted by atomic mass is 35.5. The summed E-state index contributed by atoms with van der Waals surface area (Å²) in [6, 6.07) is 0. The number of methoxy groups -OCH3 is 1. The van der Waals surface area contributed by atoms with Crippen molar-refractivity contribution in [1.82, 2.24) is 0 Å². The van der Waals surface area contributed by atoms with Crippen molar-refractivity contribution in [1.29, 1.82) is 0 Å². The van der Waals surface area contributed by atoms with Crippen molar-refractivity contribution < 1.29 is 29.0 Å². The predicted molar refractivity (Wildman–Crippen MR) is 124 cm³/mol. The molecule has 0 aliphatic heterocycles. The lowest BCUT2D eigenvalue weighted by Crippen LogP contribution is -2.69. The first-order valence-electron chi connectivity index (χ1n) is 11.2. The van der Waals surface area contributed by atoms with Crippen LogP contribution in [-0.2, 0) is 23.9 Å². The van der Waals surface area contributed by atoms with Gasteiger partial charge in [-0.2, -0.15) is 0 Å². The second kappa shape index (κ2) is 7.97. The second-order valence-electron chi connectivity index (χ2n) is 10.4. The number of aliphatic hydroxyl groups excluding tert-OH is 1. The Morgan fingerprint density at radius 3 is 2.52 bits per heavy atom. The lowest BCUT2D eigenvalue weighted by atomic mass is 9.45. The molecule has 0 aromatic carbocycles. The molecule has 0 saturated heterocycles. The third-order valence-corrected chi connectivity index (χ3v) is 10.4. The summed E-state index contributed by atoms with van der Waals surface area (Å²) in [5, 5.41) is 11.6. The van der Waals surface area contributed by atoms with Gasteiger partial charge in [0.05, 0.1) is 18.1 Å². The van der Waals surface area contributed by atoms with Crippen molar-refractivity contribution >= 4 is 52.5 Å². The van der Waals surface area contributed by atoms with Gasteiger partial charge in [0.1, 0.15) is 0 Å². The van der Waals surface area contributed by atoms with Crippen molar-refractivity contribution in [3.05, 3.63) is 23.8 Å². The molecule has 6 nitrogen and oxygen atoms in total. The number of halogens is 3. The molecule has 0 unspecified atom stereocenters. The Morgan fingerprint density at radius 1 is 1.24 bits per heavy atom. The van der Waals surface area contributed by atoms with E-state index in [2.05, 4.69) is 0 Å². The first-order valence-corrected chi connectivity index (χ1v) is 12.4. The second-order valence-corrected chi connectivity index (χ2v) is 12.1. The smallest absolute Gasteiger partial charge is 0.351 e. The summed E-state index contributed by atoms with van der Waals surface area (Å²) in [5.74, 6) is -2.49. The van der Waals surface area contributed by atoms with Gasteiger partial charge in [0, 0.05) is 16.7 Å². The Kier molecular flexibility index (Phi) is 6.05. The van der Waals surface area contributed by atoms with Gasteiger partial charge in [0.15, 0.2) is 5.78 Å². The maximum absolute atomic E-state index is 13.3. The normalized spacial score (nSPS) is 46.2. The van der Waals surface area contributed by atoms with Crippen LogP contribution in [-0.4, -0.2) is 51.4 Å². The number of carbonyl (C=O) groups excluding carboxylic acids is 3. The van der Waals surface area contributed by atoms with Gasteiger partial charge in [-0.1, -0.05) is 55.6 Å². The van der Waals surface area contributed by atoms with Crippen LogP contribution in [0.1, 0.15) is 46.5 Å². The SMILES string of the molecule is COC(=O)[C@@]1(OC(=O)C(Cl)Cl)[C@H](C)C[C@H]2[C@@H]3CCC4=CC(=O)C=C[C@]4(C)[C@@]3(Cl)[C@@H](O)C[C@@]21C. The molecule has 4 aliphatic rings. The number of allylic oxidation sites excluding steroid dienone is 4. The van der Waals surface area contributed by atoms with E-state index in [-0.39, 0.29) is 24.0 Å². The standard InChI is InChI=1S/C24H29Cl3O6/c1-12-9-16-15-6-5-13-10-14(28)7-8-21(13,2)23(15,27)17(29)11-22(16,3)24(12,20(31)32-4)33-19(30)18(25)26/h7-8,10,12,15-18,29H,5-6,9,11H2,1-4H3/t12-,15+,16+,17+,21+,22+,23+,24+/m1/s1. The van der Waals surface area contributed by atoms with E-state index in [1.165, 1.54) is 13.2 Å². The van der Waals surface area contributed by atoms with E-state index in [0.29, 0.717) is 19.3 Å². The molecule has 0 aromatic rings. The zero-order valence-corrected chi connectivity index (χ0v) is 21.3. The molecule has 1 N–H and O–H groups in total. The average molecular weight is 520 g/mol. The van der Waals surface area contributed by atoms with Crippen molar-refractivity contribution in [3.8, 4) is 0 Å². The van der Waals surface area contributed by atoms with Crippen LogP contribution < -0.4 is 0 Å². The Labute approximate surface area is 208 Å². The lowest BCUT2D eigenvalue weighted by Gasteiger charge is -2.63. The van der Waals surface area contributed by atoms with Gasteiger partial charge in [0.25, 0.3) is 0 Å². The zero-order valence-electron chi connectivity index (χ0n) is 19.1. The van der Waals surface area contributed by atoms with Gasteiger partial charge in [-0.05, 0) is 49.7 Å². The molecule has 3 fully saturated rings. The fraction of sp³-hybridized carbons (Fsp3) is 0.708. The number of carbonyl (C=O) groups is 3. The van der Waals surface area contributed by atoms with E-state index in [4.69, 9.17) is 44.3 Å². The molecule has 3 saturated carbocycles. The van der Waals surface area contributed by atoms with E-state index < -0.39 is 50.1 Å². The summed E-state index contributed by atoms with van der Waals surface area (Å²) in [7, 11) is 1.24. The summed E-state index contributed by atoms with van der Waals surface area (Å²) in [5.41, 5.74) is -2.45. The molecule has 0 spiro atoms. The first kappa shape index (κ1) is 25.0. The van der Waals surface area contributed by atoms with E-state index in [1.807, 2.05) is 26.8 Å². The average Bonchev–Trinajstić information content (AvgIpc) is 2.96. The quantitative estimate of drug-likeness (QED) is 0.445. The third kappa shape index (κ3) is 3.06. The summed E-state index contributed by atoms with van der Waals surface area (Å²) in [4.78, 5) is 35.3. The molecule has 0 radical (unpaired) electrons. The molecule has 0 heterocycles. The zero-order chi connectivity index (χ0) is 24.6. The molecule has 8 atom stereocenters. The largest absolute Gasteiger partial charge is 0.466 e. The molecule has 0 aromatic heterocycles. The summed E-state index contributed by atoms with van der Waals surface area (Å²) >= 11 is 19.0. The van der Waals surface area contributed by atoms with Crippen LogP contribution in [0.25, 0.3) is 0 Å². The maximum Gasteiger partial charge on any atom is 0.351 e. The number of ether oxygens (including phenoxy) is 2. The minimum absolute atomic E-state index is 0.0841. The Balaban J connectivity index is 1.85. The number of esters is 2. The van der Waals surface area contributed by atoms with E-state index in [9.17, 15) is 19.5 Å². The van der Waals surface area contributed by atoms with Gasteiger partial charge in [0.2, 0.25) is 10.4 Å². The van der Waals surface area contributed by atoms with Crippen LogP contribution >= 0.6 is 34.8 Å². The number of hydrogen-bond acceptors (Lipinski definition) is 6. The summed E-state index contributed by atoms with van der Waals surface area (Å²) in [6.45, 7) is 5.66. The van der Waals surface area contributed by atoms with Gasteiger partial charge in [-0.25, -0.2) is 9.59 Å². The van der Waals surface area contributed by atoms with Crippen molar-refractivity contribution in [2.24, 2.45) is 28.6 Å². The van der Waals surface area contributed by atoms with Crippen LogP contribution in [0.5, 0.6) is 0 Å². The minimum Gasteiger partial charge on any atom is -0.466 e. The minimum atomic E-state index is -1.67. The fourth-order valence-electron chi connectivity index (χ4n) is 7.58. The monoisotopic (exact) mass is 518 g/mol. The van der Waals surface area contributed by atoms with Crippen molar-refractivity contribution in [2.75, 3.05) is 7.11 Å². The highest BCUT2D eigenvalue weighted by molar-refractivity contribution is 6.53. The summed E-state index contributed by atoms with van der Waals surface area (Å²) in [6.07, 6.45) is 5.82. The fourth-order valence-corrected chi connectivity index (χ4v) is 8.19. The van der Waals surface area contributed by atoms with Crippen molar-refractivity contribution in [3.63, 3.8) is 0 Å². The topological polar surface area (TPSA) is 89.9 Å². The summed E-state index contributed by atoms with van der Waals surface area (Å²) < 4.78 is 10.9.